The molecule has 9 heteroatoms. The van der Waals surface area contributed by atoms with E-state index >= 15 is 0 Å². The smallest absolute Gasteiger partial charge is 0.272 e. The summed E-state index contributed by atoms with van der Waals surface area (Å²) in [6, 6.07) is 11.2. The first-order valence-corrected chi connectivity index (χ1v) is 12.2. The van der Waals surface area contributed by atoms with E-state index in [4.69, 9.17) is 16.6 Å². The van der Waals surface area contributed by atoms with Gasteiger partial charge in [-0.3, -0.25) is 14.2 Å². The molecule has 0 spiro atoms. The lowest BCUT2D eigenvalue weighted by Crippen LogP contribution is -2.26. The van der Waals surface area contributed by atoms with E-state index < -0.39 is 0 Å². The first-order valence-electron chi connectivity index (χ1n) is 9.99. The van der Waals surface area contributed by atoms with Crippen molar-refractivity contribution >= 4 is 61.0 Å². The van der Waals surface area contributed by atoms with Crippen LogP contribution in [0.15, 0.2) is 52.5 Å². The molecule has 0 aliphatic rings. The van der Waals surface area contributed by atoms with Crippen molar-refractivity contribution in [2.45, 2.75) is 38.0 Å². The average molecular weight is 473 g/mol. The number of halogens is 1. The summed E-state index contributed by atoms with van der Waals surface area (Å²) < 4.78 is 2.30. The standard InChI is InChI=1S/C22H21ClN4O2S2/c1-2-3-11-27-21(29)19-18(15-8-6-10-24-20(15)31-19)26-22(27)30-13-17(28)25-12-14-7-4-5-9-16(14)23/h4-10H,2-3,11-13H2,1H3,(H,25,28). The number of carbonyl (C=O) groups is 1. The van der Waals surface area contributed by atoms with Crippen molar-refractivity contribution in [1.82, 2.24) is 19.9 Å². The molecule has 6 nitrogen and oxygen atoms in total. The molecule has 0 fully saturated rings. The van der Waals surface area contributed by atoms with E-state index in [2.05, 4.69) is 17.2 Å². The third-order valence-electron chi connectivity index (χ3n) is 4.82. The lowest BCUT2D eigenvalue weighted by atomic mass is 10.2. The molecule has 0 aliphatic heterocycles. The highest BCUT2D eigenvalue weighted by molar-refractivity contribution is 7.99. The highest BCUT2D eigenvalue weighted by atomic mass is 35.5. The maximum atomic E-state index is 13.2. The summed E-state index contributed by atoms with van der Waals surface area (Å²) in [5.74, 6) is 0.0210. The Kier molecular flexibility index (Phi) is 6.89. The fourth-order valence-electron chi connectivity index (χ4n) is 3.18. The first kappa shape index (κ1) is 21.8. The Morgan fingerprint density at radius 2 is 2.10 bits per heavy atom. The molecule has 1 N–H and O–H groups in total. The molecule has 0 aliphatic carbocycles. The SMILES string of the molecule is CCCCn1c(SCC(=O)NCc2ccccc2Cl)nc2c(sc3ncccc32)c1=O. The Hall–Kier alpha value is -2.42. The second-order valence-electron chi connectivity index (χ2n) is 7.00. The Morgan fingerprint density at radius 1 is 1.26 bits per heavy atom. The number of hydrogen-bond donors (Lipinski definition) is 1. The Balaban J connectivity index is 1.58. The van der Waals surface area contributed by atoms with Crippen LogP contribution in [0, 0.1) is 0 Å². The minimum absolute atomic E-state index is 0.0691. The number of fused-ring (bicyclic) bond motifs is 3. The highest BCUT2D eigenvalue weighted by Gasteiger charge is 2.17. The number of amides is 1. The second-order valence-corrected chi connectivity index (χ2v) is 9.35. The van der Waals surface area contributed by atoms with Crippen LogP contribution in [0.1, 0.15) is 25.3 Å². The van der Waals surface area contributed by atoms with Crippen LogP contribution in [0.3, 0.4) is 0 Å². The minimum atomic E-state index is -0.141. The Labute approximate surface area is 192 Å². The number of unbranched alkanes of at least 4 members (excludes halogenated alkanes) is 1. The van der Waals surface area contributed by atoms with Gasteiger partial charge in [0.25, 0.3) is 5.56 Å². The van der Waals surface area contributed by atoms with Crippen LogP contribution in [0.25, 0.3) is 20.4 Å². The molecule has 0 bridgehead atoms. The van der Waals surface area contributed by atoms with Crippen molar-refractivity contribution in [2.75, 3.05) is 5.75 Å². The molecule has 0 atom stereocenters. The van der Waals surface area contributed by atoms with Gasteiger partial charge in [-0.15, -0.1) is 11.3 Å². The van der Waals surface area contributed by atoms with Crippen LogP contribution in [0.4, 0.5) is 0 Å². The van der Waals surface area contributed by atoms with Gasteiger partial charge in [-0.2, -0.15) is 0 Å². The predicted molar refractivity (Wildman–Crippen MR) is 128 cm³/mol. The van der Waals surface area contributed by atoms with Gasteiger partial charge in [0.05, 0.1) is 11.3 Å². The van der Waals surface area contributed by atoms with Gasteiger partial charge >= 0.3 is 0 Å². The van der Waals surface area contributed by atoms with Crippen molar-refractivity contribution in [1.29, 1.82) is 0 Å². The molecule has 160 valence electrons. The number of aromatic nitrogens is 3. The quantitative estimate of drug-likeness (QED) is 0.292. The highest BCUT2D eigenvalue weighted by Crippen LogP contribution is 2.30. The Bertz CT molecular complexity index is 1300. The molecule has 1 aromatic carbocycles. The molecule has 4 rings (SSSR count). The summed E-state index contributed by atoms with van der Waals surface area (Å²) in [5.41, 5.74) is 1.45. The predicted octanol–water partition coefficient (Wildman–Crippen LogP) is 4.87. The summed E-state index contributed by atoms with van der Waals surface area (Å²) in [5, 5.41) is 4.93. The van der Waals surface area contributed by atoms with E-state index in [9.17, 15) is 9.59 Å². The van der Waals surface area contributed by atoms with Crippen LogP contribution in [0.2, 0.25) is 5.02 Å². The lowest BCUT2D eigenvalue weighted by molar-refractivity contribution is -0.118. The lowest BCUT2D eigenvalue weighted by Gasteiger charge is -2.12. The zero-order chi connectivity index (χ0) is 21.8. The zero-order valence-corrected chi connectivity index (χ0v) is 19.3. The molecule has 3 aromatic heterocycles. The van der Waals surface area contributed by atoms with Crippen LogP contribution in [0.5, 0.6) is 0 Å². The van der Waals surface area contributed by atoms with E-state index in [1.165, 1.54) is 23.1 Å². The molecule has 0 saturated heterocycles. The molecule has 3 heterocycles. The van der Waals surface area contributed by atoms with E-state index in [1.54, 1.807) is 16.8 Å². The van der Waals surface area contributed by atoms with Gasteiger partial charge in [-0.25, -0.2) is 9.97 Å². The van der Waals surface area contributed by atoms with Crippen LogP contribution < -0.4 is 10.9 Å². The van der Waals surface area contributed by atoms with Crippen LogP contribution in [-0.4, -0.2) is 26.2 Å². The number of thioether (sulfide) groups is 1. The summed E-state index contributed by atoms with van der Waals surface area (Å²) in [7, 11) is 0. The topological polar surface area (TPSA) is 76.9 Å². The molecule has 0 radical (unpaired) electrons. The number of pyridine rings is 1. The first-order chi connectivity index (χ1) is 15.1. The van der Waals surface area contributed by atoms with Gasteiger partial charge in [-0.1, -0.05) is 54.9 Å². The fraction of sp³-hybridized carbons (Fsp3) is 0.273. The van der Waals surface area contributed by atoms with Gasteiger partial charge in [0.15, 0.2) is 5.16 Å². The zero-order valence-electron chi connectivity index (χ0n) is 16.9. The van der Waals surface area contributed by atoms with Crippen molar-refractivity contribution in [3.05, 3.63) is 63.5 Å². The van der Waals surface area contributed by atoms with Gasteiger partial charge in [-0.05, 0) is 30.2 Å². The molecule has 4 aromatic rings. The monoisotopic (exact) mass is 472 g/mol. The summed E-state index contributed by atoms with van der Waals surface area (Å²) >= 11 is 8.80. The third-order valence-corrected chi connectivity index (χ3v) is 7.26. The van der Waals surface area contributed by atoms with Crippen molar-refractivity contribution in [3.8, 4) is 0 Å². The Morgan fingerprint density at radius 3 is 2.90 bits per heavy atom. The third kappa shape index (κ3) is 4.76. The maximum absolute atomic E-state index is 13.2. The van der Waals surface area contributed by atoms with Crippen molar-refractivity contribution in [3.63, 3.8) is 0 Å². The van der Waals surface area contributed by atoms with E-state index in [0.717, 1.165) is 28.6 Å². The fourth-order valence-corrected chi connectivity index (χ4v) is 5.26. The normalized spacial score (nSPS) is 11.3. The molecular weight excluding hydrogens is 452 g/mol. The maximum Gasteiger partial charge on any atom is 0.272 e. The number of carbonyl (C=O) groups excluding carboxylic acids is 1. The largest absolute Gasteiger partial charge is 0.351 e. The van der Waals surface area contributed by atoms with Gasteiger partial charge < -0.3 is 5.32 Å². The van der Waals surface area contributed by atoms with Gasteiger partial charge in [0.1, 0.15) is 9.53 Å². The number of nitrogens with zero attached hydrogens (tertiary/aromatic N) is 3. The minimum Gasteiger partial charge on any atom is -0.351 e. The van der Waals surface area contributed by atoms with E-state index in [1.807, 2.05) is 30.3 Å². The number of nitrogens with one attached hydrogen (secondary N) is 1. The van der Waals surface area contributed by atoms with Gasteiger partial charge in [0.2, 0.25) is 5.91 Å². The second kappa shape index (κ2) is 9.80. The van der Waals surface area contributed by atoms with Crippen LogP contribution >= 0.6 is 34.7 Å². The van der Waals surface area contributed by atoms with E-state index in [0.29, 0.717) is 33.5 Å². The summed E-state index contributed by atoms with van der Waals surface area (Å²) in [6.07, 6.45) is 3.54. The number of benzene rings is 1. The molecule has 0 saturated carbocycles. The average Bonchev–Trinajstić information content (AvgIpc) is 3.15. The summed E-state index contributed by atoms with van der Waals surface area (Å²) in [6.45, 7) is 3.01. The molecule has 31 heavy (non-hydrogen) atoms. The summed E-state index contributed by atoms with van der Waals surface area (Å²) in [4.78, 5) is 35.6. The van der Waals surface area contributed by atoms with E-state index in [-0.39, 0.29) is 17.2 Å². The molecular formula is C22H21ClN4O2S2. The number of hydrogen-bond acceptors (Lipinski definition) is 6. The molecule has 0 unspecified atom stereocenters. The van der Waals surface area contributed by atoms with Gasteiger partial charge in [0, 0.05) is 29.7 Å². The van der Waals surface area contributed by atoms with Crippen LogP contribution in [-0.2, 0) is 17.9 Å². The number of rotatable bonds is 8. The number of thiophene rings is 1. The molecule has 1 amide bonds. The van der Waals surface area contributed by atoms with Crippen molar-refractivity contribution in [2.24, 2.45) is 0 Å². The van der Waals surface area contributed by atoms with Crippen molar-refractivity contribution < 1.29 is 4.79 Å².